The molecular weight excluding hydrogens is 246 g/mol. The Morgan fingerprint density at radius 3 is 2.68 bits per heavy atom. The van der Waals surface area contributed by atoms with Gasteiger partial charge >= 0.3 is 5.97 Å². The smallest absolute Gasteiger partial charge is 0.362 e. The number of ether oxygens (including phenoxy) is 1. The Balaban J connectivity index is 2.63. The quantitative estimate of drug-likeness (QED) is 0.753. The molecule has 0 atom stereocenters. The van der Waals surface area contributed by atoms with Gasteiger partial charge in [0.15, 0.2) is 0 Å². The van der Waals surface area contributed by atoms with Gasteiger partial charge in [0.25, 0.3) is 0 Å². The molecule has 19 heavy (non-hydrogen) atoms. The molecule has 2 aromatic rings. The number of hydrogen-bond acceptors (Lipinski definition) is 5. The number of aromatic nitrogens is 3. The molecule has 0 fully saturated rings. The third-order valence-electron chi connectivity index (χ3n) is 2.60. The summed E-state index contributed by atoms with van der Waals surface area (Å²) in [6.07, 6.45) is 4.87. The molecule has 6 nitrogen and oxygen atoms in total. The van der Waals surface area contributed by atoms with E-state index in [1.807, 2.05) is 13.0 Å². The number of nitrogens with zero attached hydrogens (tertiary/aromatic N) is 3. The Labute approximate surface area is 109 Å². The van der Waals surface area contributed by atoms with Crippen molar-refractivity contribution in [2.45, 2.75) is 13.8 Å². The van der Waals surface area contributed by atoms with Gasteiger partial charge in [-0.25, -0.2) is 9.48 Å². The van der Waals surface area contributed by atoms with Crippen LogP contribution in [0, 0.1) is 13.8 Å². The molecule has 2 heterocycles. The highest BCUT2D eigenvalue weighted by Crippen LogP contribution is 2.07. The lowest BCUT2D eigenvalue weighted by Gasteiger charge is -2.08. The van der Waals surface area contributed by atoms with Crippen LogP contribution in [0.1, 0.15) is 21.6 Å². The van der Waals surface area contributed by atoms with Gasteiger partial charge in [-0.2, -0.15) is 5.10 Å². The van der Waals surface area contributed by atoms with Gasteiger partial charge in [-0.15, -0.1) is 0 Å². The second kappa shape index (κ2) is 5.01. The van der Waals surface area contributed by atoms with E-state index in [1.165, 1.54) is 11.8 Å². The molecule has 0 unspecified atom stereocenters. The molecule has 98 valence electrons. The van der Waals surface area contributed by atoms with E-state index in [9.17, 15) is 9.59 Å². The van der Waals surface area contributed by atoms with Crippen LogP contribution >= 0.6 is 0 Å². The average molecular weight is 259 g/mol. The lowest BCUT2D eigenvalue weighted by Crippen LogP contribution is -2.24. The number of rotatable bonds is 2. The van der Waals surface area contributed by atoms with Gasteiger partial charge in [0.05, 0.1) is 19.0 Å². The zero-order valence-corrected chi connectivity index (χ0v) is 10.9. The first-order valence-electron chi connectivity index (χ1n) is 5.64. The maximum Gasteiger partial charge on any atom is 0.362 e. The first kappa shape index (κ1) is 12.9. The van der Waals surface area contributed by atoms with Gasteiger partial charge in [-0.05, 0) is 25.5 Å². The van der Waals surface area contributed by atoms with Crippen LogP contribution in [0.2, 0.25) is 0 Å². The summed E-state index contributed by atoms with van der Waals surface area (Å²) < 4.78 is 6.00. The normalized spacial score (nSPS) is 10.3. The fraction of sp³-hybridized carbons (Fsp3) is 0.231. The van der Waals surface area contributed by atoms with E-state index in [1.54, 1.807) is 25.5 Å². The zero-order chi connectivity index (χ0) is 14.0. The third kappa shape index (κ3) is 2.52. The molecule has 0 aromatic carbocycles. The molecule has 2 rings (SSSR count). The van der Waals surface area contributed by atoms with Gasteiger partial charge in [0.2, 0.25) is 11.1 Å². The number of pyridine rings is 1. The SMILES string of the molecule is COC(=O)c1nn(-c2cncc(C)c2)cc(C)c1=O. The van der Waals surface area contributed by atoms with E-state index in [0.29, 0.717) is 11.3 Å². The maximum absolute atomic E-state index is 11.8. The average Bonchev–Trinajstić information content (AvgIpc) is 2.40. The molecule has 0 amide bonds. The first-order chi connectivity index (χ1) is 9.02. The van der Waals surface area contributed by atoms with Crippen molar-refractivity contribution in [2.75, 3.05) is 7.11 Å². The molecule has 2 aromatic heterocycles. The summed E-state index contributed by atoms with van der Waals surface area (Å²) >= 11 is 0. The van der Waals surface area contributed by atoms with Crippen molar-refractivity contribution in [3.05, 3.63) is 51.7 Å². The topological polar surface area (TPSA) is 74.1 Å². The zero-order valence-electron chi connectivity index (χ0n) is 10.9. The van der Waals surface area contributed by atoms with Gasteiger partial charge in [-0.1, -0.05) is 0 Å². The molecule has 0 saturated heterocycles. The summed E-state index contributed by atoms with van der Waals surface area (Å²) in [7, 11) is 1.21. The summed E-state index contributed by atoms with van der Waals surface area (Å²) in [6.45, 7) is 3.52. The standard InChI is InChI=1S/C13H13N3O3/c1-8-4-10(6-14-5-8)16-7-9(2)12(17)11(15-16)13(18)19-3/h4-7H,1-3H3. The van der Waals surface area contributed by atoms with Gasteiger partial charge in [-0.3, -0.25) is 9.78 Å². The van der Waals surface area contributed by atoms with E-state index < -0.39 is 11.4 Å². The molecule has 0 spiro atoms. The van der Waals surface area contributed by atoms with Gasteiger partial charge < -0.3 is 4.74 Å². The second-order valence-corrected chi connectivity index (χ2v) is 4.15. The number of carbonyl (C=O) groups excluding carboxylic acids is 1. The van der Waals surface area contributed by atoms with Crippen molar-refractivity contribution < 1.29 is 9.53 Å². The fourth-order valence-electron chi connectivity index (χ4n) is 1.64. The van der Waals surface area contributed by atoms with Crippen molar-refractivity contribution in [3.63, 3.8) is 0 Å². The van der Waals surface area contributed by atoms with Crippen LogP contribution in [0.4, 0.5) is 0 Å². The number of methoxy groups -OCH3 is 1. The minimum atomic E-state index is -0.747. The summed E-state index contributed by atoms with van der Waals surface area (Å²) in [5.74, 6) is -0.747. The first-order valence-corrected chi connectivity index (χ1v) is 5.64. The minimum absolute atomic E-state index is 0.232. The Hall–Kier alpha value is -2.50. The molecular formula is C13H13N3O3. The maximum atomic E-state index is 11.8. The van der Waals surface area contributed by atoms with Crippen LogP contribution in [-0.2, 0) is 4.74 Å². The Morgan fingerprint density at radius 1 is 1.32 bits per heavy atom. The second-order valence-electron chi connectivity index (χ2n) is 4.15. The minimum Gasteiger partial charge on any atom is -0.464 e. The Bertz CT molecular complexity index is 692. The van der Waals surface area contributed by atoms with Crippen LogP contribution < -0.4 is 5.43 Å². The molecule has 0 aliphatic carbocycles. The molecule has 0 saturated carbocycles. The lowest BCUT2D eigenvalue weighted by molar-refractivity contribution is 0.0590. The Morgan fingerprint density at radius 2 is 2.05 bits per heavy atom. The van der Waals surface area contributed by atoms with Gasteiger partial charge in [0.1, 0.15) is 0 Å². The molecule has 0 bridgehead atoms. The molecule has 0 N–H and O–H groups in total. The highest BCUT2D eigenvalue weighted by Gasteiger charge is 2.16. The largest absolute Gasteiger partial charge is 0.464 e. The Kier molecular flexibility index (Phi) is 3.41. The van der Waals surface area contributed by atoms with Crippen LogP contribution in [-0.4, -0.2) is 27.8 Å². The van der Waals surface area contributed by atoms with Crippen LogP contribution in [0.25, 0.3) is 5.69 Å². The summed E-state index contributed by atoms with van der Waals surface area (Å²) in [4.78, 5) is 27.4. The van der Waals surface area contributed by atoms with Crippen molar-refractivity contribution >= 4 is 5.97 Å². The summed E-state index contributed by atoms with van der Waals surface area (Å²) in [5, 5.41) is 4.00. The van der Waals surface area contributed by atoms with Crippen LogP contribution in [0.15, 0.2) is 29.5 Å². The van der Waals surface area contributed by atoms with Crippen LogP contribution in [0.5, 0.6) is 0 Å². The highest BCUT2D eigenvalue weighted by atomic mass is 16.5. The summed E-state index contributed by atoms with van der Waals surface area (Å²) in [5.41, 5.74) is 1.38. The lowest BCUT2D eigenvalue weighted by atomic mass is 10.2. The predicted octanol–water partition coefficient (Wildman–Crippen LogP) is 1.03. The van der Waals surface area contributed by atoms with Crippen molar-refractivity contribution in [2.24, 2.45) is 0 Å². The number of aryl methyl sites for hydroxylation is 2. The molecule has 0 radical (unpaired) electrons. The van der Waals surface area contributed by atoms with Crippen LogP contribution in [0.3, 0.4) is 0 Å². The van der Waals surface area contributed by atoms with Gasteiger partial charge in [0, 0.05) is 18.0 Å². The van der Waals surface area contributed by atoms with E-state index in [0.717, 1.165) is 5.56 Å². The summed E-state index contributed by atoms with van der Waals surface area (Å²) in [6, 6.07) is 1.85. The van der Waals surface area contributed by atoms with E-state index in [2.05, 4.69) is 14.8 Å². The number of carbonyl (C=O) groups is 1. The van der Waals surface area contributed by atoms with Crippen molar-refractivity contribution in [3.8, 4) is 5.69 Å². The van der Waals surface area contributed by atoms with Crippen molar-refractivity contribution in [1.29, 1.82) is 0 Å². The molecule has 0 aliphatic rings. The predicted molar refractivity (Wildman–Crippen MR) is 68.4 cm³/mol. The van der Waals surface area contributed by atoms with E-state index in [4.69, 9.17) is 0 Å². The number of esters is 1. The highest BCUT2D eigenvalue weighted by molar-refractivity contribution is 5.86. The molecule has 6 heteroatoms. The van der Waals surface area contributed by atoms with Crippen molar-refractivity contribution in [1.82, 2.24) is 14.8 Å². The van der Waals surface area contributed by atoms with E-state index >= 15 is 0 Å². The molecule has 0 aliphatic heterocycles. The number of hydrogen-bond donors (Lipinski definition) is 0. The van der Waals surface area contributed by atoms with E-state index in [-0.39, 0.29) is 5.69 Å². The third-order valence-corrected chi connectivity index (χ3v) is 2.60. The monoisotopic (exact) mass is 259 g/mol. The fourth-order valence-corrected chi connectivity index (χ4v) is 1.64.